The van der Waals surface area contributed by atoms with Gasteiger partial charge in [0.2, 0.25) is 0 Å². The van der Waals surface area contributed by atoms with Gasteiger partial charge in [0.25, 0.3) is 0 Å². The second kappa shape index (κ2) is 9.94. The molecule has 2 fully saturated rings. The Balaban J connectivity index is 0.00000130. The lowest BCUT2D eigenvalue weighted by atomic mass is 9.71. The van der Waals surface area contributed by atoms with Gasteiger partial charge < -0.3 is 24.1 Å². The number of halogens is 1. The van der Waals surface area contributed by atoms with Crippen LogP contribution in [0, 0.1) is 0 Å². The molecule has 36 heavy (non-hydrogen) atoms. The minimum atomic E-state index is -1.31. The number of methoxy groups -OCH3 is 1. The Hall–Kier alpha value is -2.78. The number of fused-ring (bicyclic) bond motifs is 3. The van der Waals surface area contributed by atoms with Gasteiger partial charge in [0.05, 0.1) is 38.3 Å². The maximum absolute atomic E-state index is 12.8. The first-order chi connectivity index (χ1) is 17.6. The van der Waals surface area contributed by atoms with Crippen LogP contribution in [0.3, 0.4) is 0 Å². The van der Waals surface area contributed by atoms with Gasteiger partial charge in [-0.1, -0.05) is 58.4 Å². The molecule has 0 spiro atoms. The molecule has 1 aliphatic carbocycles. The number of carbonyl (C=O) groups excluding carboxylic acids is 1. The van der Waals surface area contributed by atoms with E-state index in [0.717, 1.165) is 28.7 Å². The fourth-order valence-electron chi connectivity index (χ4n) is 6.31. The van der Waals surface area contributed by atoms with Gasteiger partial charge >= 0.3 is 0 Å². The zero-order valence-electron chi connectivity index (χ0n) is 20.1. The van der Waals surface area contributed by atoms with E-state index in [1.807, 2.05) is 25.0 Å². The quantitative estimate of drug-likeness (QED) is 0.523. The minimum absolute atomic E-state index is 0.0472. The van der Waals surface area contributed by atoms with Gasteiger partial charge in [-0.15, -0.1) is 0 Å². The molecule has 3 heterocycles. The van der Waals surface area contributed by atoms with Crippen LogP contribution in [0.2, 0.25) is 0 Å². The van der Waals surface area contributed by atoms with Crippen molar-refractivity contribution in [3.8, 4) is 11.5 Å². The maximum atomic E-state index is 12.8. The van der Waals surface area contributed by atoms with Gasteiger partial charge in [0, 0.05) is 35.9 Å². The maximum Gasteiger partial charge on any atom is 0.175 e. The summed E-state index contributed by atoms with van der Waals surface area (Å²) in [5.41, 5.74) is 0.396. The number of hydrogen-bond donors (Lipinski definition) is 1. The third-order valence-corrected chi connectivity index (χ3v) is 8.20. The van der Waals surface area contributed by atoms with Crippen molar-refractivity contribution in [3.63, 3.8) is 0 Å². The molecule has 0 radical (unpaired) electrons. The summed E-state index contributed by atoms with van der Waals surface area (Å²) in [6.07, 6.45) is 3.87. The molecule has 2 aliphatic heterocycles. The molecule has 0 bridgehead atoms. The lowest BCUT2D eigenvalue weighted by Crippen LogP contribution is -2.50. The Morgan fingerprint density at radius 1 is 1.08 bits per heavy atom. The summed E-state index contributed by atoms with van der Waals surface area (Å²) in [5.74, 6) is 0.995. The zero-order valence-corrected chi connectivity index (χ0v) is 21.7. The summed E-state index contributed by atoms with van der Waals surface area (Å²) in [6, 6.07) is 18.6. The number of carbonyl (C=O) groups is 1. The van der Waals surface area contributed by atoms with Gasteiger partial charge in [-0.05, 0) is 23.3 Å². The highest BCUT2D eigenvalue weighted by Crippen LogP contribution is 2.68. The van der Waals surface area contributed by atoms with E-state index in [4.69, 9.17) is 19.0 Å². The first kappa shape index (κ1) is 24.9. The van der Waals surface area contributed by atoms with E-state index in [0.29, 0.717) is 36.7 Å². The molecular formula is C28H29BrN2O5. The predicted octanol–water partition coefficient (Wildman–Crippen LogP) is 4.03. The highest BCUT2D eigenvalue weighted by atomic mass is 79.9. The molecule has 188 valence electrons. The first-order valence-electron chi connectivity index (χ1n) is 11.9. The molecule has 2 aromatic carbocycles. The SMILES string of the molecule is C=O.COc1cncc2c1C1(O)CC(N3CCOCC3)C(c3ccccc3)C1(c1ccc(Br)cc1)O2. The zero-order chi connectivity index (χ0) is 25.3. The molecule has 3 aromatic rings. The number of nitrogens with zero attached hydrogens (tertiary/aromatic N) is 2. The van der Waals surface area contributed by atoms with Crippen LogP contribution < -0.4 is 9.47 Å². The molecule has 0 amide bonds. The molecule has 3 aliphatic rings. The third-order valence-electron chi connectivity index (χ3n) is 7.67. The predicted molar refractivity (Wildman–Crippen MR) is 138 cm³/mol. The minimum Gasteiger partial charge on any atom is -0.495 e. The van der Waals surface area contributed by atoms with Gasteiger partial charge in [-0.25, -0.2) is 0 Å². The molecule has 1 aromatic heterocycles. The normalized spacial score (nSPS) is 28.9. The monoisotopic (exact) mass is 552 g/mol. The van der Waals surface area contributed by atoms with Crippen molar-refractivity contribution < 1.29 is 24.1 Å². The Kier molecular flexibility index (Phi) is 6.87. The number of aliphatic hydroxyl groups is 1. The number of aromatic nitrogens is 1. The second-order valence-corrected chi connectivity index (χ2v) is 10.1. The summed E-state index contributed by atoms with van der Waals surface area (Å²) in [4.78, 5) is 14.8. The van der Waals surface area contributed by atoms with E-state index in [2.05, 4.69) is 62.2 Å². The van der Waals surface area contributed by atoms with E-state index in [9.17, 15) is 5.11 Å². The average Bonchev–Trinajstić information content (AvgIpc) is 3.35. The van der Waals surface area contributed by atoms with E-state index in [1.165, 1.54) is 0 Å². The second-order valence-electron chi connectivity index (χ2n) is 9.23. The van der Waals surface area contributed by atoms with Crippen LogP contribution in [-0.2, 0) is 20.7 Å². The summed E-state index contributed by atoms with van der Waals surface area (Å²) >= 11 is 3.57. The number of pyridine rings is 1. The number of hydrogen-bond acceptors (Lipinski definition) is 7. The van der Waals surface area contributed by atoms with Gasteiger partial charge in [-0.2, -0.15) is 0 Å². The van der Waals surface area contributed by atoms with Crippen LogP contribution in [0.25, 0.3) is 0 Å². The van der Waals surface area contributed by atoms with E-state index < -0.39 is 11.2 Å². The Labute approximate surface area is 219 Å². The fraction of sp³-hybridized carbons (Fsp3) is 0.357. The third kappa shape index (κ3) is 3.66. The standard InChI is InChI=1S/C27H27BrN2O4.CH2O/c1-32-22-16-29-17-23-25(22)26(31)15-21(30-11-13-33-14-12-30)24(18-5-3-2-4-6-18)27(26,34-23)19-7-9-20(28)10-8-19;1-2/h2-10,16-17,21,24,31H,11-15H2,1H3;1H2. The number of benzene rings is 2. The van der Waals surface area contributed by atoms with Crippen LogP contribution in [0.1, 0.15) is 29.0 Å². The molecule has 7 nitrogen and oxygen atoms in total. The van der Waals surface area contributed by atoms with Crippen LogP contribution in [0.4, 0.5) is 0 Å². The number of rotatable bonds is 4. The highest BCUT2D eigenvalue weighted by Gasteiger charge is 2.73. The van der Waals surface area contributed by atoms with Crippen molar-refractivity contribution in [1.82, 2.24) is 9.88 Å². The fourth-order valence-corrected chi connectivity index (χ4v) is 6.58. The lowest BCUT2D eigenvalue weighted by molar-refractivity contribution is -0.106. The summed E-state index contributed by atoms with van der Waals surface area (Å²) in [7, 11) is 1.61. The summed E-state index contributed by atoms with van der Waals surface area (Å²) in [6.45, 7) is 5.01. The molecule has 4 unspecified atom stereocenters. The molecule has 8 heteroatoms. The van der Waals surface area contributed by atoms with Crippen molar-refractivity contribution in [2.75, 3.05) is 33.4 Å². The molecule has 4 atom stereocenters. The molecule has 1 saturated heterocycles. The van der Waals surface area contributed by atoms with Crippen LogP contribution >= 0.6 is 15.9 Å². The number of ether oxygens (including phenoxy) is 3. The van der Waals surface area contributed by atoms with Crippen LogP contribution in [-0.4, -0.2) is 61.2 Å². The molecule has 1 N–H and O–H groups in total. The lowest BCUT2D eigenvalue weighted by Gasteiger charge is -2.42. The van der Waals surface area contributed by atoms with Gasteiger partial charge in [-0.3, -0.25) is 9.88 Å². The molecular weight excluding hydrogens is 524 g/mol. The average molecular weight is 553 g/mol. The largest absolute Gasteiger partial charge is 0.495 e. The van der Waals surface area contributed by atoms with E-state index >= 15 is 0 Å². The van der Waals surface area contributed by atoms with Crippen molar-refractivity contribution >= 4 is 22.7 Å². The molecule has 6 rings (SSSR count). The van der Waals surface area contributed by atoms with Gasteiger partial charge in [0.1, 0.15) is 23.9 Å². The van der Waals surface area contributed by atoms with Crippen LogP contribution in [0.15, 0.2) is 71.5 Å². The van der Waals surface area contributed by atoms with Crippen LogP contribution in [0.5, 0.6) is 11.5 Å². The Bertz CT molecular complexity index is 1200. The Morgan fingerprint density at radius 2 is 1.78 bits per heavy atom. The van der Waals surface area contributed by atoms with Crippen molar-refractivity contribution in [3.05, 3.63) is 88.2 Å². The topological polar surface area (TPSA) is 81.1 Å². The van der Waals surface area contributed by atoms with E-state index in [-0.39, 0.29) is 12.0 Å². The van der Waals surface area contributed by atoms with Crippen molar-refractivity contribution in [2.45, 2.75) is 29.6 Å². The van der Waals surface area contributed by atoms with Crippen molar-refractivity contribution in [1.29, 1.82) is 0 Å². The van der Waals surface area contributed by atoms with Crippen molar-refractivity contribution in [2.24, 2.45) is 0 Å². The highest BCUT2D eigenvalue weighted by molar-refractivity contribution is 9.10. The molecule has 1 saturated carbocycles. The Morgan fingerprint density at radius 3 is 2.44 bits per heavy atom. The summed E-state index contributed by atoms with van der Waals surface area (Å²) in [5, 5.41) is 12.8. The summed E-state index contributed by atoms with van der Waals surface area (Å²) < 4.78 is 19.3. The smallest absolute Gasteiger partial charge is 0.175 e. The van der Waals surface area contributed by atoms with Gasteiger partial charge in [0.15, 0.2) is 5.60 Å². The first-order valence-corrected chi connectivity index (χ1v) is 12.7. The number of morpholine rings is 1. The van der Waals surface area contributed by atoms with E-state index in [1.54, 1.807) is 19.5 Å².